The first-order chi connectivity index (χ1) is 9.54. The fourth-order valence-corrected chi connectivity index (χ4v) is 4.87. The minimum Gasteiger partial charge on any atom is -0.0616 e. The maximum Gasteiger partial charge on any atom is -0.00625 e. The second-order valence-corrected chi connectivity index (χ2v) is 7.52. The molecule has 0 saturated heterocycles. The summed E-state index contributed by atoms with van der Waals surface area (Å²) < 4.78 is 0. The van der Waals surface area contributed by atoms with E-state index in [9.17, 15) is 0 Å². The molecule has 0 nitrogen and oxygen atoms in total. The van der Waals surface area contributed by atoms with Crippen molar-refractivity contribution in [1.29, 1.82) is 0 Å². The highest BCUT2D eigenvalue weighted by Gasteiger charge is 2.61. The molecule has 20 heavy (non-hydrogen) atoms. The third-order valence-corrected chi connectivity index (χ3v) is 6.64. The Kier molecular flexibility index (Phi) is 2.41. The molecular weight excluding hydrogens is 240 g/mol. The van der Waals surface area contributed by atoms with Gasteiger partial charge in [-0.05, 0) is 58.3 Å². The van der Waals surface area contributed by atoms with Crippen LogP contribution in [0.3, 0.4) is 0 Å². The molecule has 0 amide bonds. The van der Waals surface area contributed by atoms with E-state index in [4.69, 9.17) is 0 Å². The van der Waals surface area contributed by atoms with E-state index in [0.29, 0.717) is 16.7 Å². The van der Waals surface area contributed by atoms with Gasteiger partial charge in [0, 0.05) is 0 Å². The molecule has 2 aromatic carbocycles. The molecule has 4 rings (SSSR count). The van der Waals surface area contributed by atoms with Gasteiger partial charge in [0.05, 0.1) is 0 Å². The van der Waals surface area contributed by atoms with E-state index in [1.807, 2.05) is 0 Å². The first kappa shape index (κ1) is 12.4. The zero-order valence-corrected chi connectivity index (χ0v) is 12.7. The van der Waals surface area contributed by atoms with Gasteiger partial charge in [-0.15, -0.1) is 0 Å². The van der Waals surface area contributed by atoms with Crippen molar-refractivity contribution in [3.05, 3.63) is 54.4 Å². The molecule has 2 aromatic rings. The topological polar surface area (TPSA) is 0 Å². The Bertz CT molecular complexity index is 661. The predicted octanol–water partition coefficient (Wildman–Crippen LogP) is 5.58. The lowest BCUT2D eigenvalue weighted by molar-refractivity contribution is 0.135. The van der Waals surface area contributed by atoms with Crippen LogP contribution >= 0.6 is 0 Å². The van der Waals surface area contributed by atoms with Crippen LogP contribution in [0.25, 0.3) is 10.8 Å². The predicted molar refractivity (Wildman–Crippen MR) is 85.6 cm³/mol. The average Bonchev–Trinajstić information content (AvgIpc) is 2.79. The minimum atomic E-state index is 0.418. The Hall–Kier alpha value is -1.30. The zero-order chi connectivity index (χ0) is 14.0. The third-order valence-electron chi connectivity index (χ3n) is 6.64. The SMILES string of the molecule is CC1(C)C2[CH]C(c3cccc4ccccc34)[C@]1(C)CC2. The lowest BCUT2D eigenvalue weighted by Crippen LogP contribution is -2.31. The van der Waals surface area contributed by atoms with Crippen molar-refractivity contribution in [2.24, 2.45) is 16.7 Å². The van der Waals surface area contributed by atoms with Gasteiger partial charge in [0.15, 0.2) is 0 Å². The smallest absolute Gasteiger partial charge is 0.00625 e. The Morgan fingerprint density at radius 1 is 0.950 bits per heavy atom. The van der Waals surface area contributed by atoms with Gasteiger partial charge in [-0.1, -0.05) is 63.2 Å². The normalized spacial score (nSPS) is 34.8. The molecule has 3 atom stereocenters. The summed E-state index contributed by atoms with van der Waals surface area (Å²) in [7, 11) is 0. The van der Waals surface area contributed by atoms with Gasteiger partial charge in [-0.25, -0.2) is 0 Å². The molecule has 2 saturated carbocycles. The largest absolute Gasteiger partial charge is 0.0616 e. The number of hydrogen-bond acceptors (Lipinski definition) is 0. The van der Waals surface area contributed by atoms with Crippen LogP contribution in [0.2, 0.25) is 0 Å². The van der Waals surface area contributed by atoms with Crippen LogP contribution in [0.5, 0.6) is 0 Å². The molecule has 2 aliphatic carbocycles. The summed E-state index contributed by atoms with van der Waals surface area (Å²) in [6.45, 7) is 7.47. The van der Waals surface area contributed by atoms with Crippen LogP contribution in [0.1, 0.15) is 45.1 Å². The van der Waals surface area contributed by atoms with Crippen molar-refractivity contribution in [2.45, 2.75) is 39.5 Å². The standard InChI is InChI=1S/C20H23/c1-19(2)15-11-12-20(19,3)18(13-15)17-10-6-8-14-7-4-5-9-16(14)17/h4-10,13,15,18H,11-12H2,1-3H3/t15?,18?,20-/m0/s1. The molecule has 0 spiro atoms. The Balaban J connectivity index is 1.90. The minimum absolute atomic E-state index is 0.418. The molecule has 0 heterocycles. The van der Waals surface area contributed by atoms with Crippen molar-refractivity contribution in [3.63, 3.8) is 0 Å². The van der Waals surface area contributed by atoms with Crippen molar-refractivity contribution in [3.8, 4) is 0 Å². The van der Waals surface area contributed by atoms with Crippen LogP contribution in [0.4, 0.5) is 0 Å². The highest BCUT2D eigenvalue weighted by molar-refractivity contribution is 5.86. The molecule has 1 radical (unpaired) electrons. The fourth-order valence-electron chi connectivity index (χ4n) is 4.87. The van der Waals surface area contributed by atoms with Crippen LogP contribution in [0, 0.1) is 23.2 Å². The molecule has 2 aliphatic rings. The quantitative estimate of drug-likeness (QED) is 0.629. The maximum absolute atomic E-state index is 2.66. The number of fused-ring (bicyclic) bond motifs is 3. The van der Waals surface area contributed by atoms with Crippen molar-refractivity contribution in [2.75, 3.05) is 0 Å². The second-order valence-electron chi connectivity index (χ2n) is 7.52. The lowest BCUT2D eigenvalue weighted by atomic mass is 9.64. The van der Waals surface area contributed by atoms with Crippen LogP contribution < -0.4 is 0 Å². The van der Waals surface area contributed by atoms with E-state index in [2.05, 4.69) is 69.7 Å². The summed E-state index contributed by atoms with van der Waals surface area (Å²) in [4.78, 5) is 0. The van der Waals surface area contributed by atoms with Gasteiger partial charge in [0.1, 0.15) is 0 Å². The van der Waals surface area contributed by atoms with E-state index in [0.717, 1.165) is 5.92 Å². The van der Waals surface area contributed by atoms with Crippen LogP contribution in [-0.4, -0.2) is 0 Å². The average molecular weight is 263 g/mol. The first-order valence-electron chi connectivity index (χ1n) is 7.87. The van der Waals surface area contributed by atoms with Crippen LogP contribution in [-0.2, 0) is 0 Å². The second kappa shape index (κ2) is 3.87. The molecule has 0 heteroatoms. The van der Waals surface area contributed by atoms with E-state index < -0.39 is 0 Å². The summed E-state index contributed by atoms with van der Waals surface area (Å²) in [5.41, 5.74) is 2.40. The molecule has 2 fully saturated rings. The third kappa shape index (κ3) is 1.38. The van der Waals surface area contributed by atoms with E-state index in [-0.39, 0.29) is 0 Å². The molecule has 0 aromatic heterocycles. The summed E-state index contributed by atoms with van der Waals surface area (Å²) in [6.07, 6.45) is 5.41. The Labute approximate surface area is 122 Å². The van der Waals surface area contributed by atoms with Gasteiger partial charge in [0.25, 0.3) is 0 Å². The van der Waals surface area contributed by atoms with E-state index >= 15 is 0 Å². The Morgan fingerprint density at radius 3 is 2.40 bits per heavy atom. The highest BCUT2D eigenvalue weighted by Crippen LogP contribution is 2.70. The summed E-state index contributed by atoms with van der Waals surface area (Å²) in [5, 5.41) is 2.82. The van der Waals surface area contributed by atoms with Crippen molar-refractivity contribution < 1.29 is 0 Å². The Morgan fingerprint density at radius 2 is 1.70 bits per heavy atom. The zero-order valence-electron chi connectivity index (χ0n) is 12.7. The van der Waals surface area contributed by atoms with Gasteiger partial charge in [0.2, 0.25) is 0 Å². The van der Waals surface area contributed by atoms with E-state index in [1.165, 1.54) is 23.6 Å². The molecule has 2 bridgehead atoms. The molecule has 2 unspecified atom stereocenters. The highest BCUT2D eigenvalue weighted by atomic mass is 14.7. The van der Waals surface area contributed by atoms with Gasteiger partial charge in [-0.3, -0.25) is 0 Å². The van der Waals surface area contributed by atoms with Gasteiger partial charge >= 0.3 is 0 Å². The first-order valence-corrected chi connectivity index (χ1v) is 7.87. The maximum atomic E-state index is 2.66. The molecule has 0 aliphatic heterocycles. The fraction of sp³-hybridized carbons (Fsp3) is 0.450. The summed E-state index contributed by atoms with van der Waals surface area (Å²) >= 11 is 0. The van der Waals surface area contributed by atoms with Crippen LogP contribution in [0.15, 0.2) is 42.5 Å². The lowest BCUT2D eigenvalue weighted by Gasteiger charge is -2.40. The molecule has 103 valence electrons. The molecular formula is C20H23. The van der Waals surface area contributed by atoms with Crippen molar-refractivity contribution in [1.82, 2.24) is 0 Å². The van der Waals surface area contributed by atoms with Gasteiger partial charge in [-0.2, -0.15) is 0 Å². The summed E-state index contributed by atoms with van der Waals surface area (Å²) in [5.74, 6) is 1.40. The van der Waals surface area contributed by atoms with Gasteiger partial charge < -0.3 is 0 Å². The number of hydrogen-bond donors (Lipinski definition) is 0. The summed E-state index contributed by atoms with van der Waals surface area (Å²) in [6, 6.07) is 15.7. The number of rotatable bonds is 1. The molecule has 0 N–H and O–H groups in total. The number of benzene rings is 2. The van der Waals surface area contributed by atoms with Crippen molar-refractivity contribution >= 4 is 10.8 Å². The van der Waals surface area contributed by atoms with E-state index in [1.54, 1.807) is 5.56 Å². The monoisotopic (exact) mass is 263 g/mol.